The Morgan fingerprint density at radius 1 is 1.33 bits per heavy atom. The van der Waals surface area contributed by atoms with Crippen LogP contribution in [-0.2, 0) is 14.2 Å². The number of esters is 1. The molecular formula is C16H16N2O6. The summed E-state index contributed by atoms with van der Waals surface area (Å²) in [6, 6.07) is 8.56. The number of H-pyrrole nitrogens is 1. The topological polar surface area (TPSA) is 99.6 Å². The van der Waals surface area contributed by atoms with Crippen molar-refractivity contribution < 1.29 is 19.0 Å². The molecule has 8 nitrogen and oxygen atoms in total. The summed E-state index contributed by atoms with van der Waals surface area (Å²) in [6.07, 6.45) is -0.0524. The van der Waals surface area contributed by atoms with Gasteiger partial charge in [-0.25, -0.2) is 9.59 Å². The van der Waals surface area contributed by atoms with Crippen molar-refractivity contribution in [2.45, 2.75) is 19.4 Å². The Bertz CT molecular complexity index is 842. The van der Waals surface area contributed by atoms with E-state index in [0.717, 1.165) is 0 Å². The van der Waals surface area contributed by atoms with Gasteiger partial charge < -0.3 is 14.2 Å². The number of rotatable bonds is 4. The minimum atomic E-state index is -0.776. The van der Waals surface area contributed by atoms with Gasteiger partial charge in [0.15, 0.2) is 12.5 Å². The standard InChI is InChI=1S/C16H16N2O6/c1-10-7-18(16(21)17-14(10)19)12-8-22-13(24-12)9-23-15(20)11-5-3-2-4-6-11/h2-7,12-13H,8-9H2,1H3,(H,17,19,21)/t12-,13-/m0/s1. The van der Waals surface area contributed by atoms with Crippen LogP contribution >= 0.6 is 0 Å². The first-order chi connectivity index (χ1) is 11.5. The van der Waals surface area contributed by atoms with Crippen LogP contribution in [0.2, 0.25) is 0 Å². The number of nitrogens with one attached hydrogen (secondary N) is 1. The van der Waals surface area contributed by atoms with Crippen LogP contribution in [0.4, 0.5) is 0 Å². The largest absolute Gasteiger partial charge is 0.457 e. The van der Waals surface area contributed by atoms with E-state index in [2.05, 4.69) is 4.98 Å². The predicted octanol–water partition coefficient (Wildman–Crippen LogP) is 0.574. The normalized spacial score (nSPS) is 20.0. The molecule has 0 bridgehead atoms. The van der Waals surface area contributed by atoms with Crippen LogP contribution in [0.1, 0.15) is 22.1 Å². The zero-order chi connectivity index (χ0) is 17.1. The fourth-order valence-electron chi connectivity index (χ4n) is 2.28. The number of carbonyl (C=O) groups excluding carboxylic acids is 1. The Morgan fingerprint density at radius 2 is 2.08 bits per heavy atom. The molecule has 1 fully saturated rings. The van der Waals surface area contributed by atoms with E-state index in [1.165, 1.54) is 10.8 Å². The molecule has 126 valence electrons. The van der Waals surface area contributed by atoms with Gasteiger partial charge in [0.2, 0.25) is 0 Å². The van der Waals surface area contributed by atoms with Crippen LogP contribution in [-0.4, -0.2) is 35.0 Å². The fraction of sp³-hybridized carbons (Fsp3) is 0.312. The monoisotopic (exact) mass is 332 g/mol. The van der Waals surface area contributed by atoms with Crippen molar-refractivity contribution in [1.82, 2.24) is 9.55 Å². The van der Waals surface area contributed by atoms with Gasteiger partial charge in [-0.1, -0.05) is 18.2 Å². The van der Waals surface area contributed by atoms with Crippen molar-refractivity contribution in [3.8, 4) is 0 Å². The highest BCUT2D eigenvalue weighted by molar-refractivity contribution is 5.89. The Hall–Kier alpha value is -2.71. The lowest BCUT2D eigenvalue weighted by Gasteiger charge is -2.14. The molecule has 1 aromatic carbocycles. The number of hydrogen-bond donors (Lipinski definition) is 1. The summed E-state index contributed by atoms with van der Waals surface area (Å²) in [5, 5.41) is 0. The second-order valence-electron chi connectivity index (χ2n) is 5.30. The SMILES string of the molecule is Cc1cn([C@@H]2CO[C@H](COC(=O)c3ccccc3)O2)c(=O)[nH]c1=O. The summed E-state index contributed by atoms with van der Waals surface area (Å²) in [5.41, 5.74) is -0.207. The Balaban J connectivity index is 1.60. The number of aromatic nitrogens is 2. The van der Waals surface area contributed by atoms with Gasteiger partial charge in [0.05, 0.1) is 12.2 Å². The molecule has 0 saturated carbocycles. The van der Waals surface area contributed by atoms with Crippen molar-refractivity contribution in [3.05, 3.63) is 68.5 Å². The Morgan fingerprint density at radius 3 is 2.83 bits per heavy atom. The quantitative estimate of drug-likeness (QED) is 0.822. The molecule has 3 rings (SSSR count). The molecule has 2 heterocycles. The second kappa shape index (κ2) is 6.81. The van der Waals surface area contributed by atoms with E-state index < -0.39 is 29.7 Å². The number of hydrogen-bond acceptors (Lipinski definition) is 6. The molecule has 0 aliphatic carbocycles. The molecule has 24 heavy (non-hydrogen) atoms. The number of ether oxygens (including phenoxy) is 3. The van der Waals surface area contributed by atoms with Crippen LogP contribution in [0.5, 0.6) is 0 Å². The van der Waals surface area contributed by atoms with Crippen LogP contribution < -0.4 is 11.2 Å². The number of aromatic amines is 1. The summed E-state index contributed by atoms with van der Waals surface area (Å²) < 4.78 is 17.3. The zero-order valence-electron chi connectivity index (χ0n) is 12.9. The maximum Gasteiger partial charge on any atom is 0.338 e. The van der Waals surface area contributed by atoms with Gasteiger partial charge in [-0.2, -0.15) is 0 Å². The van der Waals surface area contributed by atoms with Crippen molar-refractivity contribution in [1.29, 1.82) is 0 Å². The van der Waals surface area contributed by atoms with E-state index in [4.69, 9.17) is 14.2 Å². The fourth-order valence-corrected chi connectivity index (χ4v) is 2.28. The van der Waals surface area contributed by atoms with Gasteiger partial charge in [-0.3, -0.25) is 14.3 Å². The van der Waals surface area contributed by atoms with Gasteiger partial charge in [-0.05, 0) is 19.1 Å². The molecule has 2 atom stereocenters. The third-order valence-electron chi connectivity index (χ3n) is 3.55. The molecule has 1 saturated heterocycles. The van der Waals surface area contributed by atoms with Crippen molar-refractivity contribution in [3.63, 3.8) is 0 Å². The highest BCUT2D eigenvalue weighted by atomic mass is 16.7. The average Bonchev–Trinajstić information content (AvgIpc) is 3.05. The predicted molar refractivity (Wildman–Crippen MR) is 82.6 cm³/mol. The second-order valence-corrected chi connectivity index (χ2v) is 5.30. The first-order valence-electron chi connectivity index (χ1n) is 7.36. The van der Waals surface area contributed by atoms with Gasteiger partial charge in [-0.15, -0.1) is 0 Å². The lowest BCUT2D eigenvalue weighted by molar-refractivity contribution is -0.103. The molecule has 0 amide bonds. The minimum Gasteiger partial charge on any atom is -0.457 e. The van der Waals surface area contributed by atoms with Gasteiger partial charge in [0, 0.05) is 11.8 Å². The first-order valence-corrected chi connectivity index (χ1v) is 7.36. The molecule has 1 aliphatic heterocycles. The summed E-state index contributed by atoms with van der Waals surface area (Å²) in [4.78, 5) is 37.3. The Kier molecular flexibility index (Phi) is 4.59. The van der Waals surface area contributed by atoms with E-state index in [1.807, 2.05) is 0 Å². The van der Waals surface area contributed by atoms with Gasteiger partial charge in [0.1, 0.15) is 6.61 Å². The number of nitrogens with zero attached hydrogens (tertiary/aromatic N) is 1. The molecule has 8 heteroatoms. The first kappa shape index (κ1) is 16.2. The van der Waals surface area contributed by atoms with Crippen LogP contribution in [0.3, 0.4) is 0 Å². The van der Waals surface area contributed by atoms with E-state index in [-0.39, 0.29) is 13.2 Å². The summed E-state index contributed by atoms with van der Waals surface area (Å²) in [6.45, 7) is 1.60. The zero-order valence-corrected chi connectivity index (χ0v) is 12.9. The minimum absolute atomic E-state index is 0.0959. The number of carbonyl (C=O) groups is 1. The molecule has 0 unspecified atom stereocenters. The summed E-state index contributed by atoms with van der Waals surface area (Å²) in [7, 11) is 0. The van der Waals surface area contributed by atoms with Crippen molar-refractivity contribution in [2.75, 3.05) is 13.2 Å². The third-order valence-corrected chi connectivity index (χ3v) is 3.55. The van der Waals surface area contributed by atoms with E-state index in [9.17, 15) is 14.4 Å². The third kappa shape index (κ3) is 3.44. The molecule has 0 radical (unpaired) electrons. The van der Waals surface area contributed by atoms with Crippen LogP contribution in [0.15, 0.2) is 46.1 Å². The van der Waals surface area contributed by atoms with Crippen LogP contribution in [0, 0.1) is 6.92 Å². The van der Waals surface area contributed by atoms with Crippen molar-refractivity contribution >= 4 is 5.97 Å². The van der Waals surface area contributed by atoms with Gasteiger partial charge in [0.25, 0.3) is 5.56 Å². The molecule has 1 aliphatic rings. The van der Waals surface area contributed by atoms with Crippen LogP contribution in [0.25, 0.3) is 0 Å². The maximum absolute atomic E-state index is 11.9. The smallest absolute Gasteiger partial charge is 0.338 e. The molecule has 0 spiro atoms. The summed E-state index contributed by atoms with van der Waals surface area (Å²) >= 11 is 0. The van der Waals surface area contributed by atoms with E-state index in [1.54, 1.807) is 37.3 Å². The van der Waals surface area contributed by atoms with Crippen molar-refractivity contribution in [2.24, 2.45) is 0 Å². The Labute approximate surface area is 136 Å². The van der Waals surface area contributed by atoms with E-state index >= 15 is 0 Å². The molecule has 1 aromatic heterocycles. The highest BCUT2D eigenvalue weighted by Gasteiger charge is 2.29. The van der Waals surface area contributed by atoms with Gasteiger partial charge >= 0.3 is 11.7 Å². The number of benzene rings is 1. The lowest BCUT2D eigenvalue weighted by Crippen LogP contribution is -2.34. The maximum atomic E-state index is 11.9. The average molecular weight is 332 g/mol. The molecule has 2 aromatic rings. The number of aryl methyl sites for hydroxylation is 1. The lowest BCUT2D eigenvalue weighted by atomic mass is 10.2. The highest BCUT2D eigenvalue weighted by Crippen LogP contribution is 2.20. The molecular weight excluding hydrogens is 316 g/mol. The summed E-state index contributed by atoms with van der Waals surface area (Å²) in [5.74, 6) is -0.483. The van der Waals surface area contributed by atoms with E-state index in [0.29, 0.717) is 11.1 Å². The molecule has 1 N–H and O–H groups in total.